The van der Waals surface area contributed by atoms with Crippen LogP contribution >= 0.6 is 11.6 Å². The monoisotopic (exact) mass is 442 g/mol. The van der Waals surface area contributed by atoms with Crippen LogP contribution in [0.5, 0.6) is 0 Å². The van der Waals surface area contributed by atoms with Gasteiger partial charge in [-0.2, -0.15) is 0 Å². The second-order valence-electron chi connectivity index (χ2n) is 8.95. The third-order valence-corrected chi connectivity index (χ3v) is 6.11. The van der Waals surface area contributed by atoms with E-state index in [1.165, 1.54) is 11.1 Å². The summed E-state index contributed by atoms with van der Waals surface area (Å²) in [6.45, 7) is 11.2. The lowest BCUT2D eigenvalue weighted by Crippen LogP contribution is -2.49. The van der Waals surface area contributed by atoms with Gasteiger partial charge in [-0.1, -0.05) is 67.4 Å². The Labute approximate surface area is 192 Å². The first-order valence-corrected chi connectivity index (χ1v) is 11.7. The summed E-state index contributed by atoms with van der Waals surface area (Å²) >= 11 is 6.10. The molecule has 1 fully saturated rings. The van der Waals surface area contributed by atoms with Crippen LogP contribution in [0.1, 0.15) is 49.5 Å². The molecule has 0 spiro atoms. The van der Waals surface area contributed by atoms with Crippen molar-refractivity contribution >= 4 is 17.5 Å². The van der Waals surface area contributed by atoms with Gasteiger partial charge in [-0.05, 0) is 42.5 Å². The molecule has 1 atom stereocenters. The van der Waals surface area contributed by atoms with Crippen molar-refractivity contribution < 1.29 is 9.53 Å². The smallest absolute Gasteiger partial charge is 0.222 e. The normalized spacial score (nSPS) is 16.0. The fourth-order valence-corrected chi connectivity index (χ4v) is 4.04. The number of carbonyl (C=O) groups is 1. The van der Waals surface area contributed by atoms with Crippen LogP contribution in [0.3, 0.4) is 0 Å². The number of amides is 1. The zero-order valence-electron chi connectivity index (χ0n) is 19.0. The Bertz CT molecular complexity index is 830. The fourth-order valence-electron chi connectivity index (χ4n) is 3.92. The third-order valence-electron chi connectivity index (χ3n) is 5.86. The minimum Gasteiger partial charge on any atom is -0.368 e. The predicted molar refractivity (Wildman–Crippen MR) is 127 cm³/mol. The van der Waals surface area contributed by atoms with Crippen molar-refractivity contribution in [3.8, 4) is 0 Å². The molecule has 0 N–H and O–H groups in total. The number of nitrogens with zero attached hydrogens (tertiary/aromatic N) is 2. The van der Waals surface area contributed by atoms with Crippen LogP contribution in [-0.4, -0.2) is 48.4 Å². The summed E-state index contributed by atoms with van der Waals surface area (Å²) in [5.74, 6) is 0.856. The van der Waals surface area contributed by atoms with E-state index in [-0.39, 0.29) is 6.10 Å². The standard InChI is InChI=1S/C26H35ClN2O2/c1-20(2)7-12-26(30)29-15-13-28(14-16-29)18-25(23-8-10-24(27)11-9-23)31-19-22-6-4-5-21(3)17-22/h4-6,8-11,17,20,25H,7,12-16,18-19H2,1-3H3/t25-/m1/s1. The van der Waals surface area contributed by atoms with E-state index in [1.54, 1.807) is 0 Å². The predicted octanol–water partition coefficient (Wildman–Crippen LogP) is 5.49. The maximum absolute atomic E-state index is 12.4. The van der Waals surface area contributed by atoms with Gasteiger partial charge in [0, 0.05) is 44.2 Å². The van der Waals surface area contributed by atoms with Crippen molar-refractivity contribution in [3.63, 3.8) is 0 Å². The van der Waals surface area contributed by atoms with Crippen LogP contribution < -0.4 is 0 Å². The second kappa shape index (κ2) is 11.7. The van der Waals surface area contributed by atoms with E-state index in [0.717, 1.165) is 49.7 Å². The lowest BCUT2D eigenvalue weighted by atomic mass is 10.1. The lowest BCUT2D eigenvalue weighted by Gasteiger charge is -2.36. The number of ether oxygens (including phenoxy) is 1. The van der Waals surface area contributed by atoms with Crippen molar-refractivity contribution in [2.75, 3.05) is 32.7 Å². The minimum atomic E-state index is -0.0408. The molecule has 1 amide bonds. The Morgan fingerprint density at radius 2 is 1.77 bits per heavy atom. The summed E-state index contributed by atoms with van der Waals surface area (Å²) in [4.78, 5) is 16.9. The number of rotatable bonds is 9. The van der Waals surface area contributed by atoms with Crippen LogP contribution in [0.4, 0.5) is 0 Å². The van der Waals surface area contributed by atoms with E-state index >= 15 is 0 Å². The highest BCUT2D eigenvalue weighted by Crippen LogP contribution is 2.23. The van der Waals surface area contributed by atoms with Crippen LogP contribution in [-0.2, 0) is 16.1 Å². The van der Waals surface area contributed by atoms with Crippen LogP contribution in [0.15, 0.2) is 48.5 Å². The largest absolute Gasteiger partial charge is 0.368 e. The fraction of sp³-hybridized carbons (Fsp3) is 0.500. The molecule has 4 nitrogen and oxygen atoms in total. The van der Waals surface area contributed by atoms with Gasteiger partial charge in [0.15, 0.2) is 0 Å². The molecule has 0 saturated carbocycles. The first-order valence-electron chi connectivity index (χ1n) is 11.3. The Morgan fingerprint density at radius 3 is 2.42 bits per heavy atom. The van der Waals surface area contributed by atoms with Crippen LogP contribution in [0.25, 0.3) is 0 Å². The molecule has 1 aliphatic heterocycles. The first-order chi connectivity index (χ1) is 14.9. The second-order valence-corrected chi connectivity index (χ2v) is 9.39. The summed E-state index contributed by atoms with van der Waals surface area (Å²) in [7, 11) is 0. The van der Waals surface area contributed by atoms with Gasteiger partial charge in [0.25, 0.3) is 0 Å². The van der Waals surface area contributed by atoms with Crippen molar-refractivity contribution in [2.24, 2.45) is 5.92 Å². The van der Waals surface area contributed by atoms with E-state index in [0.29, 0.717) is 24.9 Å². The molecule has 0 bridgehead atoms. The van der Waals surface area contributed by atoms with Gasteiger partial charge in [-0.3, -0.25) is 9.69 Å². The van der Waals surface area contributed by atoms with Crippen LogP contribution in [0.2, 0.25) is 5.02 Å². The maximum atomic E-state index is 12.4. The first kappa shape index (κ1) is 23.8. The van der Waals surface area contributed by atoms with Gasteiger partial charge in [0.1, 0.15) is 0 Å². The van der Waals surface area contributed by atoms with Gasteiger partial charge >= 0.3 is 0 Å². The molecule has 31 heavy (non-hydrogen) atoms. The summed E-state index contributed by atoms with van der Waals surface area (Å²) in [6, 6.07) is 16.4. The van der Waals surface area contributed by atoms with Crippen molar-refractivity contribution in [1.82, 2.24) is 9.80 Å². The molecule has 3 rings (SSSR count). The molecule has 0 radical (unpaired) electrons. The Kier molecular flexibility index (Phi) is 8.94. The number of hydrogen-bond acceptors (Lipinski definition) is 3. The molecule has 1 saturated heterocycles. The molecule has 0 aromatic heterocycles. The summed E-state index contributed by atoms with van der Waals surface area (Å²) < 4.78 is 6.39. The topological polar surface area (TPSA) is 32.8 Å². The Hall–Kier alpha value is -1.88. The van der Waals surface area contributed by atoms with Gasteiger partial charge in [-0.25, -0.2) is 0 Å². The van der Waals surface area contributed by atoms with E-state index in [2.05, 4.69) is 62.1 Å². The molecule has 2 aromatic rings. The van der Waals surface area contributed by atoms with E-state index in [4.69, 9.17) is 16.3 Å². The van der Waals surface area contributed by atoms with Crippen LogP contribution in [0, 0.1) is 12.8 Å². The number of benzene rings is 2. The minimum absolute atomic E-state index is 0.0408. The molecule has 0 unspecified atom stereocenters. The summed E-state index contributed by atoms with van der Waals surface area (Å²) in [5, 5.41) is 0.731. The van der Waals surface area contributed by atoms with Crippen molar-refractivity contribution in [1.29, 1.82) is 0 Å². The molecule has 0 aliphatic carbocycles. The highest BCUT2D eigenvalue weighted by Gasteiger charge is 2.24. The lowest BCUT2D eigenvalue weighted by molar-refractivity contribution is -0.133. The van der Waals surface area contributed by atoms with E-state index in [1.807, 2.05) is 17.0 Å². The summed E-state index contributed by atoms with van der Waals surface area (Å²) in [5.41, 5.74) is 3.55. The van der Waals surface area contributed by atoms with E-state index < -0.39 is 0 Å². The molecule has 2 aromatic carbocycles. The average Bonchev–Trinajstić information content (AvgIpc) is 2.76. The molecule has 5 heteroatoms. The maximum Gasteiger partial charge on any atom is 0.222 e. The van der Waals surface area contributed by atoms with Gasteiger partial charge in [0.2, 0.25) is 5.91 Å². The number of piperazine rings is 1. The molecule has 1 aliphatic rings. The van der Waals surface area contributed by atoms with Gasteiger partial charge < -0.3 is 9.64 Å². The Balaban J connectivity index is 1.58. The zero-order chi connectivity index (χ0) is 22.2. The quantitative estimate of drug-likeness (QED) is 0.515. The van der Waals surface area contributed by atoms with Gasteiger partial charge in [-0.15, -0.1) is 0 Å². The molecule has 1 heterocycles. The molecular formula is C26H35ClN2O2. The highest BCUT2D eigenvalue weighted by atomic mass is 35.5. The van der Waals surface area contributed by atoms with Crippen molar-refractivity contribution in [3.05, 3.63) is 70.2 Å². The van der Waals surface area contributed by atoms with Crippen molar-refractivity contribution in [2.45, 2.75) is 46.3 Å². The number of aryl methyl sites for hydroxylation is 1. The molecular weight excluding hydrogens is 408 g/mol. The highest BCUT2D eigenvalue weighted by molar-refractivity contribution is 6.30. The zero-order valence-corrected chi connectivity index (χ0v) is 19.8. The average molecular weight is 443 g/mol. The number of carbonyl (C=O) groups excluding carboxylic acids is 1. The number of halogens is 1. The van der Waals surface area contributed by atoms with Gasteiger partial charge in [0.05, 0.1) is 12.7 Å². The third kappa shape index (κ3) is 7.64. The summed E-state index contributed by atoms with van der Waals surface area (Å²) in [6.07, 6.45) is 1.58. The SMILES string of the molecule is Cc1cccc(CO[C@H](CN2CCN(C(=O)CCC(C)C)CC2)c2ccc(Cl)cc2)c1. The Morgan fingerprint density at radius 1 is 1.06 bits per heavy atom. The molecule has 168 valence electrons. The number of hydrogen-bond donors (Lipinski definition) is 0. The van der Waals surface area contributed by atoms with E-state index in [9.17, 15) is 4.79 Å².